The second-order valence-electron chi connectivity index (χ2n) is 7.81. The number of ether oxygens (including phenoxy) is 1. The van der Waals surface area contributed by atoms with E-state index in [1.54, 1.807) is 12.1 Å². The Balaban J connectivity index is 1.28. The molecule has 28 heavy (non-hydrogen) atoms. The molecule has 1 saturated heterocycles. The third kappa shape index (κ3) is 3.98. The van der Waals surface area contributed by atoms with Gasteiger partial charge in [0, 0.05) is 42.9 Å². The molecule has 2 aromatic carbocycles. The Labute approximate surface area is 167 Å². The SMILES string of the molecule is CC1(c2cccc(CNS(=O)[O-])c2)C2CN(CCOc3ccc(F)cc3)CC21. The summed E-state index contributed by atoms with van der Waals surface area (Å²) in [5, 5.41) is 0. The number of hydrogen-bond donors (Lipinski definition) is 1. The van der Waals surface area contributed by atoms with Crippen LogP contribution < -0.4 is 9.46 Å². The Morgan fingerprint density at radius 1 is 1.25 bits per heavy atom. The Hall–Kier alpha value is -1.80. The normalized spacial score (nSPS) is 27.4. The lowest BCUT2D eigenvalue weighted by Crippen LogP contribution is -2.32. The molecule has 2 fully saturated rings. The zero-order valence-electron chi connectivity index (χ0n) is 15.8. The highest BCUT2D eigenvalue weighted by Gasteiger charge is 2.65. The topological polar surface area (TPSA) is 64.6 Å². The lowest BCUT2D eigenvalue weighted by molar-refractivity contribution is 0.212. The Morgan fingerprint density at radius 3 is 2.64 bits per heavy atom. The standard InChI is InChI=1S/C21H25FN2O3S/c1-21(16-4-2-3-15(11-16)12-23-28(25)26)19-13-24(14-20(19)21)9-10-27-18-7-5-17(22)6-8-18/h2-8,11,19-20,23H,9-10,12-14H2,1H3,(H,25,26)/p-1. The van der Waals surface area contributed by atoms with Crippen LogP contribution in [0.3, 0.4) is 0 Å². The maximum absolute atomic E-state index is 12.9. The van der Waals surface area contributed by atoms with Crippen LogP contribution in [-0.2, 0) is 23.2 Å². The highest BCUT2D eigenvalue weighted by Crippen LogP contribution is 2.63. The number of halogens is 1. The van der Waals surface area contributed by atoms with E-state index < -0.39 is 11.3 Å². The summed E-state index contributed by atoms with van der Waals surface area (Å²) in [5.74, 6) is 1.68. The van der Waals surface area contributed by atoms with Crippen LogP contribution in [-0.4, -0.2) is 39.9 Å². The molecule has 150 valence electrons. The van der Waals surface area contributed by atoms with Gasteiger partial charge in [0.05, 0.1) is 0 Å². The molecule has 1 saturated carbocycles. The molecule has 5 nitrogen and oxygen atoms in total. The first-order valence-corrected chi connectivity index (χ1v) is 10.6. The zero-order chi connectivity index (χ0) is 19.7. The van der Waals surface area contributed by atoms with E-state index in [0.29, 0.717) is 30.7 Å². The van der Waals surface area contributed by atoms with Gasteiger partial charge in [-0.2, -0.15) is 0 Å². The fourth-order valence-electron chi connectivity index (χ4n) is 4.56. The molecule has 0 aromatic heterocycles. The van der Waals surface area contributed by atoms with Gasteiger partial charge < -0.3 is 9.29 Å². The third-order valence-electron chi connectivity index (χ3n) is 6.26. The molecule has 0 bridgehead atoms. The van der Waals surface area contributed by atoms with Crippen molar-refractivity contribution in [3.63, 3.8) is 0 Å². The fourth-order valence-corrected chi connectivity index (χ4v) is 4.84. The fraction of sp³-hybridized carbons (Fsp3) is 0.429. The summed E-state index contributed by atoms with van der Waals surface area (Å²) in [6, 6.07) is 14.3. The summed E-state index contributed by atoms with van der Waals surface area (Å²) >= 11 is -2.24. The number of nitrogens with zero attached hydrogens (tertiary/aromatic N) is 1. The molecule has 0 radical (unpaired) electrons. The van der Waals surface area contributed by atoms with E-state index in [4.69, 9.17) is 4.74 Å². The predicted octanol–water partition coefficient (Wildman–Crippen LogP) is 2.61. The van der Waals surface area contributed by atoms with Gasteiger partial charge in [-0.3, -0.25) is 9.11 Å². The van der Waals surface area contributed by atoms with Crippen LogP contribution in [0.15, 0.2) is 48.5 Å². The first kappa shape index (κ1) is 19.5. The highest BCUT2D eigenvalue weighted by molar-refractivity contribution is 7.77. The molecular weight excluding hydrogens is 379 g/mol. The van der Waals surface area contributed by atoms with Crippen molar-refractivity contribution in [2.75, 3.05) is 26.2 Å². The van der Waals surface area contributed by atoms with E-state index in [9.17, 15) is 13.2 Å². The number of likely N-dealkylation sites (tertiary alicyclic amines) is 1. The predicted molar refractivity (Wildman–Crippen MR) is 105 cm³/mol. The zero-order valence-corrected chi connectivity index (χ0v) is 16.6. The molecule has 1 heterocycles. The van der Waals surface area contributed by atoms with Crippen molar-refractivity contribution in [2.24, 2.45) is 11.8 Å². The summed E-state index contributed by atoms with van der Waals surface area (Å²) in [6.07, 6.45) is 0. The number of benzene rings is 2. The summed E-state index contributed by atoms with van der Waals surface area (Å²) < 4.78 is 42.5. The van der Waals surface area contributed by atoms with Crippen LogP contribution in [0.1, 0.15) is 18.1 Å². The van der Waals surface area contributed by atoms with Gasteiger partial charge in [-0.05, 0) is 47.2 Å². The van der Waals surface area contributed by atoms with Crippen molar-refractivity contribution in [3.05, 3.63) is 65.5 Å². The summed E-state index contributed by atoms with van der Waals surface area (Å²) in [7, 11) is 0. The van der Waals surface area contributed by atoms with E-state index in [0.717, 1.165) is 25.2 Å². The van der Waals surface area contributed by atoms with Crippen molar-refractivity contribution >= 4 is 11.3 Å². The molecule has 0 spiro atoms. The van der Waals surface area contributed by atoms with Crippen LogP contribution >= 0.6 is 0 Å². The highest BCUT2D eigenvalue weighted by atomic mass is 32.2. The minimum absolute atomic E-state index is 0.168. The summed E-state index contributed by atoms with van der Waals surface area (Å²) in [4.78, 5) is 2.42. The van der Waals surface area contributed by atoms with E-state index >= 15 is 0 Å². The smallest absolute Gasteiger partial charge is 0.123 e. The molecule has 1 N–H and O–H groups in total. The van der Waals surface area contributed by atoms with Crippen LogP contribution in [0, 0.1) is 17.7 Å². The van der Waals surface area contributed by atoms with Crippen molar-refractivity contribution in [1.82, 2.24) is 9.62 Å². The largest absolute Gasteiger partial charge is 0.760 e. The summed E-state index contributed by atoms with van der Waals surface area (Å²) in [5.41, 5.74) is 2.44. The van der Waals surface area contributed by atoms with Crippen molar-refractivity contribution in [2.45, 2.75) is 18.9 Å². The van der Waals surface area contributed by atoms with Gasteiger partial charge in [-0.15, -0.1) is 0 Å². The Morgan fingerprint density at radius 2 is 1.96 bits per heavy atom. The monoisotopic (exact) mass is 403 g/mol. The Kier molecular flexibility index (Phi) is 5.51. The molecule has 3 unspecified atom stereocenters. The van der Waals surface area contributed by atoms with Crippen molar-refractivity contribution < 1.29 is 17.9 Å². The van der Waals surface area contributed by atoms with Gasteiger partial charge in [0.25, 0.3) is 0 Å². The average Bonchev–Trinajstić information content (AvgIpc) is 3.03. The second-order valence-corrected chi connectivity index (χ2v) is 8.57. The van der Waals surface area contributed by atoms with Gasteiger partial charge in [0.1, 0.15) is 18.2 Å². The maximum Gasteiger partial charge on any atom is 0.123 e. The maximum atomic E-state index is 12.9. The molecule has 1 aliphatic carbocycles. The first-order chi connectivity index (χ1) is 13.5. The van der Waals surface area contributed by atoms with Crippen LogP contribution in [0.4, 0.5) is 4.39 Å². The van der Waals surface area contributed by atoms with Crippen LogP contribution in [0.5, 0.6) is 5.75 Å². The third-order valence-corrected chi connectivity index (χ3v) is 6.64. The van der Waals surface area contributed by atoms with Crippen molar-refractivity contribution in [1.29, 1.82) is 0 Å². The van der Waals surface area contributed by atoms with Crippen LogP contribution in [0.2, 0.25) is 0 Å². The quantitative estimate of drug-likeness (QED) is 0.688. The molecule has 7 heteroatoms. The lowest BCUT2D eigenvalue weighted by Gasteiger charge is -2.24. The van der Waals surface area contributed by atoms with Gasteiger partial charge in [0.2, 0.25) is 0 Å². The lowest BCUT2D eigenvalue weighted by atomic mass is 9.91. The first-order valence-electron chi connectivity index (χ1n) is 9.49. The van der Waals surface area contributed by atoms with E-state index in [-0.39, 0.29) is 11.2 Å². The molecule has 1 aliphatic heterocycles. The summed E-state index contributed by atoms with van der Waals surface area (Å²) in [6.45, 7) is 6.17. The van der Waals surface area contributed by atoms with Gasteiger partial charge in [-0.25, -0.2) is 9.11 Å². The van der Waals surface area contributed by atoms with Crippen molar-refractivity contribution in [3.8, 4) is 5.75 Å². The number of rotatable bonds is 8. The van der Waals surface area contributed by atoms with Gasteiger partial charge in [-0.1, -0.05) is 31.2 Å². The van der Waals surface area contributed by atoms with Crippen LogP contribution in [0.25, 0.3) is 0 Å². The molecule has 2 aromatic rings. The number of hydrogen-bond acceptors (Lipinski definition) is 4. The van der Waals surface area contributed by atoms with Gasteiger partial charge >= 0.3 is 0 Å². The minimum atomic E-state index is -2.24. The molecule has 4 rings (SSSR count). The van der Waals surface area contributed by atoms with Gasteiger partial charge in [0.15, 0.2) is 0 Å². The molecule has 0 amide bonds. The minimum Gasteiger partial charge on any atom is -0.760 e. The second kappa shape index (κ2) is 7.91. The molecular formula is C21H24FN2O3S-. The van der Waals surface area contributed by atoms with E-state index in [2.05, 4.69) is 28.7 Å². The number of fused-ring (bicyclic) bond motifs is 1. The van der Waals surface area contributed by atoms with E-state index in [1.165, 1.54) is 17.7 Å². The van der Waals surface area contributed by atoms with E-state index in [1.807, 2.05) is 12.1 Å². The average molecular weight is 403 g/mol. The number of nitrogens with one attached hydrogen (secondary N) is 1. The number of piperidine rings is 1. The Bertz CT molecular complexity index is 849. The molecule has 2 aliphatic rings. The molecule has 3 atom stereocenters.